The average molecular weight is 276 g/mol. The molecule has 0 unspecified atom stereocenters. The lowest BCUT2D eigenvalue weighted by Crippen LogP contribution is -2.16. The van der Waals surface area contributed by atoms with Gasteiger partial charge in [-0.25, -0.2) is 8.78 Å². The van der Waals surface area contributed by atoms with E-state index in [-0.39, 0.29) is 24.6 Å². The summed E-state index contributed by atoms with van der Waals surface area (Å²) in [7, 11) is 0. The van der Waals surface area contributed by atoms with Gasteiger partial charge in [-0.05, 0) is 24.3 Å². The van der Waals surface area contributed by atoms with E-state index in [1.807, 2.05) is 18.2 Å². The van der Waals surface area contributed by atoms with Crippen LogP contribution < -0.4 is 10.6 Å². The molecule has 20 heavy (non-hydrogen) atoms. The standard InChI is InChI=1S/C15H14F2N2O/c16-11-6-7-14(13(17)10-11)18-9-8-15(20)19-12-4-2-1-3-5-12/h1-7,10,18H,8-9H2,(H,19,20). The summed E-state index contributed by atoms with van der Waals surface area (Å²) in [5.41, 5.74) is 0.893. The van der Waals surface area contributed by atoms with E-state index in [0.29, 0.717) is 5.69 Å². The van der Waals surface area contributed by atoms with Gasteiger partial charge in [0.05, 0.1) is 5.69 Å². The Hall–Kier alpha value is -2.43. The van der Waals surface area contributed by atoms with Crippen LogP contribution >= 0.6 is 0 Å². The number of hydrogen-bond acceptors (Lipinski definition) is 2. The molecule has 3 nitrogen and oxygen atoms in total. The highest BCUT2D eigenvalue weighted by Gasteiger charge is 2.05. The SMILES string of the molecule is O=C(CCNc1ccc(F)cc1F)Nc1ccccc1. The third-order valence-electron chi connectivity index (χ3n) is 2.66. The number of carbonyl (C=O) groups excluding carboxylic acids is 1. The van der Waals surface area contributed by atoms with E-state index in [0.717, 1.165) is 12.1 Å². The van der Waals surface area contributed by atoms with Gasteiger partial charge < -0.3 is 10.6 Å². The molecule has 1 amide bonds. The minimum absolute atomic E-state index is 0.175. The topological polar surface area (TPSA) is 41.1 Å². The normalized spacial score (nSPS) is 10.1. The van der Waals surface area contributed by atoms with Gasteiger partial charge in [0, 0.05) is 24.7 Å². The highest BCUT2D eigenvalue weighted by molar-refractivity contribution is 5.90. The minimum Gasteiger partial charge on any atom is -0.382 e. The first-order chi connectivity index (χ1) is 9.65. The molecule has 5 heteroatoms. The van der Waals surface area contributed by atoms with Crippen LogP contribution in [0.2, 0.25) is 0 Å². The maximum atomic E-state index is 13.3. The van der Waals surface area contributed by atoms with E-state index in [2.05, 4.69) is 10.6 Å². The van der Waals surface area contributed by atoms with Crippen molar-refractivity contribution in [2.75, 3.05) is 17.2 Å². The van der Waals surface area contributed by atoms with E-state index < -0.39 is 11.6 Å². The second kappa shape index (κ2) is 6.65. The predicted octanol–water partition coefficient (Wildman–Crippen LogP) is 3.41. The molecule has 0 atom stereocenters. The van der Waals surface area contributed by atoms with Crippen LogP contribution in [-0.4, -0.2) is 12.5 Å². The van der Waals surface area contributed by atoms with E-state index >= 15 is 0 Å². The van der Waals surface area contributed by atoms with Crippen molar-refractivity contribution in [3.05, 3.63) is 60.2 Å². The zero-order valence-electron chi connectivity index (χ0n) is 10.7. The third-order valence-corrected chi connectivity index (χ3v) is 2.66. The van der Waals surface area contributed by atoms with E-state index in [1.165, 1.54) is 6.07 Å². The Morgan fingerprint density at radius 2 is 1.80 bits per heavy atom. The molecule has 0 saturated carbocycles. The fourth-order valence-corrected chi connectivity index (χ4v) is 1.69. The van der Waals surface area contributed by atoms with Crippen molar-refractivity contribution in [3.63, 3.8) is 0 Å². The first-order valence-electron chi connectivity index (χ1n) is 6.19. The molecule has 0 fully saturated rings. The van der Waals surface area contributed by atoms with Crippen LogP contribution in [0, 0.1) is 11.6 Å². The Bertz CT molecular complexity index is 588. The van der Waals surface area contributed by atoms with Gasteiger partial charge in [-0.3, -0.25) is 4.79 Å². The van der Waals surface area contributed by atoms with Gasteiger partial charge in [-0.2, -0.15) is 0 Å². The highest BCUT2D eigenvalue weighted by Crippen LogP contribution is 2.14. The molecule has 2 N–H and O–H groups in total. The second-order valence-electron chi connectivity index (χ2n) is 4.22. The van der Waals surface area contributed by atoms with E-state index in [4.69, 9.17) is 0 Å². The van der Waals surface area contributed by atoms with Gasteiger partial charge in [0.25, 0.3) is 0 Å². The highest BCUT2D eigenvalue weighted by atomic mass is 19.1. The van der Waals surface area contributed by atoms with Crippen LogP contribution in [0.3, 0.4) is 0 Å². The molecule has 0 saturated heterocycles. The molecule has 0 spiro atoms. The summed E-state index contributed by atoms with van der Waals surface area (Å²) < 4.78 is 26.0. The van der Waals surface area contributed by atoms with Gasteiger partial charge in [0.1, 0.15) is 11.6 Å². The number of anilines is 2. The molecule has 0 aliphatic carbocycles. The van der Waals surface area contributed by atoms with Crippen molar-refractivity contribution in [1.82, 2.24) is 0 Å². The second-order valence-corrected chi connectivity index (χ2v) is 4.22. The molecule has 0 bridgehead atoms. The van der Waals surface area contributed by atoms with Crippen LogP contribution in [0.15, 0.2) is 48.5 Å². The molecule has 2 rings (SSSR count). The Balaban J connectivity index is 1.79. The Labute approximate surface area is 115 Å². The fourth-order valence-electron chi connectivity index (χ4n) is 1.69. The smallest absolute Gasteiger partial charge is 0.226 e. The Kier molecular flexibility index (Phi) is 4.65. The number of benzene rings is 2. The van der Waals surface area contributed by atoms with Gasteiger partial charge in [0.2, 0.25) is 5.91 Å². The number of hydrogen-bond donors (Lipinski definition) is 2. The fraction of sp³-hybridized carbons (Fsp3) is 0.133. The van der Waals surface area contributed by atoms with Gasteiger partial charge in [-0.15, -0.1) is 0 Å². The summed E-state index contributed by atoms with van der Waals surface area (Å²) in [6.45, 7) is 0.265. The number of nitrogens with one attached hydrogen (secondary N) is 2. The minimum atomic E-state index is -0.673. The third kappa shape index (κ3) is 4.05. The van der Waals surface area contributed by atoms with E-state index in [1.54, 1.807) is 12.1 Å². The molecular formula is C15H14F2N2O. The van der Waals surface area contributed by atoms with Crippen molar-refractivity contribution in [2.45, 2.75) is 6.42 Å². The number of carbonyl (C=O) groups is 1. The van der Waals surface area contributed by atoms with Gasteiger partial charge >= 0.3 is 0 Å². The molecule has 0 aliphatic heterocycles. The van der Waals surface area contributed by atoms with Crippen LogP contribution in [0.4, 0.5) is 20.2 Å². The summed E-state index contributed by atoms with van der Waals surface area (Å²) in [6.07, 6.45) is 0.186. The first-order valence-corrected chi connectivity index (χ1v) is 6.19. The molecular weight excluding hydrogens is 262 g/mol. The molecule has 0 aromatic heterocycles. The summed E-state index contributed by atoms with van der Waals surface area (Å²) in [5.74, 6) is -1.48. The Morgan fingerprint density at radius 3 is 2.50 bits per heavy atom. The van der Waals surface area contributed by atoms with Crippen molar-refractivity contribution < 1.29 is 13.6 Å². The summed E-state index contributed by atoms with van der Waals surface area (Å²) in [6, 6.07) is 12.3. The summed E-state index contributed by atoms with van der Waals surface area (Å²) >= 11 is 0. The van der Waals surface area contributed by atoms with Crippen molar-refractivity contribution >= 4 is 17.3 Å². The first kappa shape index (κ1) is 14.0. The monoisotopic (exact) mass is 276 g/mol. The number of rotatable bonds is 5. The molecule has 0 heterocycles. The maximum absolute atomic E-state index is 13.3. The molecule has 0 radical (unpaired) electrons. The quantitative estimate of drug-likeness (QED) is 0.878. The van der Waals surface area contributed by atoms with Crippen LogP contribution in [0.5, 0.6) is 0 Å². The van der Waals surface area contributed by atoms with Gasteiger partial charge in [0.15, 0.2) is 0 Å². The Morgan fingerprint density at radius 1 is 1.05 bits per heavy atom. The van der Waals surface area contributed by atoms with Gasteiger partial charge in [-0.1, -0.05) is 18.2 Å². The number of amides is 1. The predicted molar refractivity (Wildman–Crippen MR) is 74.5 cm³/mol. The summed E-state index contributed by atoms with van der Waals surface area (Å²) in [4.78, 5) is 11.6. The molecule has 2 aromatic rings. The van der Waals surface area contributed by atoms with Crippen LogP contribution in [-0.2, 0) is 4.79 Å². The van der Waals surface area contributed by atoms with Crippen molar-refractivity contribution in [2.24, 2.45) is 0 Å². The number of halogens is 2. The zero-order chi connectivity index (χ0) is 14.4. The van der Waals surface area contributed by atoms with Crippen molar-refractivity contribution in [1.29, 1.82) is 0 Å². The average Bonchev–Trinajstić information content (AvgIpc) is 2.42. The lowest BCUT2D eigenvalue weighted by molar-refractivity contribution is -0.115. The molecule has 2 aromatic carbocycles. The zero-order valence-corrected chi connectivity index (χ0v) is 10.7. The van der Waals surface area contributed by atoms with Crippen LogP contribution in [0.1, 0.15) is 6.42 Å². The molecule has 104 valence electrons. The lowest BCUT2D eigenvalue weighted by atomic mass is 10.2. The van der Waals surface area contributed by atoms with Crippen LogP contribution in [0.25, 0.3) is 0 Å². The number of para-hydroxylation sites is 1. The lowest BCUT2D eigenvalue weighted by Gasteiger charge is -2.08. The van der Waals surface area contributed by atoms with Crippen molar-refractivity contribution in [3.8, 4) is 0 Å². The van der Waals surface area contributed by atoms with E-state index in [9.17, 15) is 13.6 Å². The summed E-state index contributed by atoms with van der Waals surface area (Å²) in [5, 5.41) is 5.47. The molecule has 0 aliphatic rings. The maximum Gasteiger partial charge on any atom is 0.226 e. The largest absolute Gasteiger partial charge is 0.382 e.